The number of hydrogen-bond donors (Lipinski definition) is 1. The topological polar surface area (TPSA) is 69.7 Å². The number of carbonyl (C=O) groups excluding carboxylic acids is 1. The molecule has 1 N–H and O–H groups in total. The van der Waals surface area contributed by atoms with Crippen LogP contribution in [0.1, 0.15) is 25.0 Å². The van der Waals surface area contributed by atoms with Crippen molar-refractivity contribution in [3.05, 3.63) is 65.5 Å². The second kappa shape index (κ2) is 9.66. The molecule has 0 aliphatic rings. The molecule has 0 aromatic heterocycles. The summed E-state index contributed by atoms with van der Waals surface area (Å²) in [6.45, 7) is 5.06. The van der Waals surface area contributed by atoms with Gasteiger partial charge in [0.25, 0.3) is 0 Å². The fraction of sp³-hybridized carbons (Fsp3) is 0.350. The molecule has 2 aromatic rings. The number of amides is 2. The molecule has 0 unspecified atom stereocenters. The molecule has 0 fully saturated rings. The normalized spacial score (nSPS) is 11.5. The van der Waals surface area contributed by atoms with Crippen LogP contribution in [-0.2, 0) is 23.1 Å². The lowest BCUT2D eigenvalue weighted by molar-refractivity contribution is 0.206. The van der Waals surface area contributed by atoms with Gasteiger partial charge < -0.3 is 10.2 Å². The Hall–Kier alpha value is -2.45. The van der Waals surface area contributed by atoms with Crippen LogP contribution in [-0.4, -0.2) is 43.8 Å². The van der Waals surface area contributed by atoms with E-state index in [4.69, 9.17) is 0 Å². The van der Waals surface area contributed by atoms with Crippen molar-refractivity contribution >= 4 is 16.1 Å². The summed E-state index contributed by atoms with van der Waals surface area (Å²) in [6.07, 6.45) is 0. The number of nitrogens with one attached hydrogen (secondary N) is 1. The van der Waals surface area contributed by atoms with E-state index in [1.54, 1.807) is 57.3 Å². The molecule has 0 radical (unpaired) electrons. The minimum Gasteiger partial charge on any atom is -0.334 e. The number of halogens is 1. The van der Waals surface area contributed by atoms with E-state index in [9.17, 15) is 17.6 Å². The lowest BCUT2D eigenvalue weighted by atomic mass is 10.2. The van der Waals surface area contributed by atoms with Gasteiger partial charge >= 0.3 is 6.03 Å². The minimum absolute atomic E-state index is 0.236. The van der Waals surface area contributed by atoms with Gasteiger partial charge in [-0.05, 0) is 35.4 Å². The van der Waals surface area contributed by atoms with Gasteiger partial charge in [-0.25, -0.2) is 17.6 Å². The SMILES string of the molecule is CCN(CC)S(=O)(=O)c1ccc(CNC(=O)N(C)Cc2ccc(F)cc2)cc1. The van der Waals surface area contributed by atoms with Crippen LogP contribution in [0.3, 0.4) is 0 Å². The van der Waals surface area contributed by atoms with Gasteiger partial charge in [0.2, 0.25) is 10.0 Å². The van der Waals surface area contributed by atoms with E-state index in [0.29, 0.717) is 19.6 Å². The van der Waals surface area contributed by atoms with Crippen molar-refractivity contribution in [2.24, 2.45) is 0 Å². The molecule has 0 atom stereocenters. The smallest absolute Gasteiger partial charge is 0.317 e. The Morgan fingerprint density at radius 2 is 1.50 bits per heavy atom. The van der Waals surface area contributed by atoms with Crippen LogP contribution < -0.4 is 5.32 Å². The predicted molar refractivity (Wildman–Crippen MR) is 107 cm³/mol. The van der Waals surface area contributed by atoms with Gasteiger partial charge in [-0.15, -0.1) is 0 Å². The highest BCUT2D eigenvalue weighted by Gasteiger charge is 2.21. The average Bonchev–Trinajstić information content (AvgIpc) is 2.69. The summed E-state index contributed by atoms with van der Waals surface area (Å²) in [4.78, 5) is 13.9. The van der Waals surface area contributed by atoms with E-state index in [0.717, 1.165) is 11.1 Å². The van der Waals surface area contributed by atoms with Gasteiger partial charge in [0, 0.05) is 33.2 Å². The van der Waals surface area contributed by atoms with Gasteiger partial charge in [-0.1, -0.05) is 38.1 Å². The molecule has 152 valence electrons. The number of carbonyl (C=O) groups is 1. The van der Waals surface area contributed by atoms with Crippen LogP contribution in [0.4, 0.5) is 9.18 Å². The number of sulfonamides is 1. The number of urea groups is 1. The Morgan fingerprint density at radius 1 is 0.964 bits per heavy atom. The minimum atomic E-state index is -3.49. The molecule has 0 heterocycles. The van der Waals surface area contributed by atoms with Crippen molar-refractivity contribution in [3.63, 3.8) is 0 Å². The van der Waals surface area contributed by atoms with Crippen molar-refractivity contribution in [2.45, 2.75) is 31.8 Å². The van der Waals surface area contributed by atoms with E-state index in [-0.39, 0.29) is 23.3 Å². The van der Waals surface area contributed by atoms with E-state index >= 15 is 0 Å². The molecule has 0 aliphatic heterocycles. The van der Waals surface area contributed by atoms with Gasteiger partial charge in [0.1, 0.15) is 5.82 Å². The predicted octanol–water partition coefficient (Wildman–Crippen LogP) is 3.20. The molecular weight excluding hydrogens is 381 g/mol. The molecule has 6 nitrogen and oxygen atoms in total. The third-order valence-corrected chi connectivity index (χ3v) is 6.45. The van der Waals surface area contributed by atoms with Crippen LogP contribution >= 0.6 is 0 Å². The van der Waals surface area contributed by atoms with Gasteiger partial charge in [0.05, 0.1) is 4.90 Å². The fourth-order valence-corrected chi connectivity index (χ4v) is 4.20. The van der Waals surface area contributed by atoms with Crippen molar-refractivity contribution in [3.8, 4) is 0 Å². The van der Waals surface area contributed by atoms with Crippen LogP contribution in [0.25, 0.3) is 0 Å². The molecule has 0 saturated heterocycles. The standard InChI is InChI=1S/C20H26FN3O3S/c1-4-24(5-2)28(26,27)19-12-8-16(9-13-19)14-22-20(25)23(3)15-17-6-10-18(21)11-7-17/h6-13H,4-5,14-15H2,1-3H3,(H,22,25). The molecule has 0 spiro atoms. The van der Waals surface area contributed by atoms with Crippen LogP contribution in [0.15, 0.2) is 53.4 Å². The lowest BCUT2D eigenvalue weighted by Gasteiger charge is -2.19. The summed E-state index contributed by atoms with van der Waals surface area (Å²) < 4.78 is 39.3. The zero-order valence-corrected chi connectivity index (χ0v) is 17.2. The fourth-order valence-electron chi connectivity index (χ4n) is 2.74. The van der Waals surface area contributed by atoms with Crippen molar-refractivity contribution < 1.29 is 17.6 Å². The summed E-state index contributed by atoms with van der Waals surface area (Å²) in [5.41, 5.74) is 1.62. The molecular formula is C20H26FN3O3S. The first kappa shape index (κ1) is 21.8. The maximum atomic E-state index is 12.9. The molecule has 0 saturated carbocycles. The highest BCUT2D eigenvalue weighted by molar-refractivity contribution is 7.89. The summed E-state index contributed by atoms with van der Waals surface area (Å²) in [6, 6.07) is 12.2. The van der Waals surface area contributed by atoms with Crippen LogP contribution in [0.2, 0.25) is 0 Å². The highest BCUT2D eigenvalue weighted by Crippen LogP contribution is 2.16. The highest BCUT2D eigenvalue weighted by atomic mass is 32.2. The van der Waals surface area contributed by atoms with Crippen LogP contribution in [0, 0.1) is 5.82 Å². The monoisotopic (exact) mass is 407 g/mol. The van der Waals surface area contributed by atoms with E-state index < -0.39 is 10.0 Å². The molecule has 8 heteroatoms. The first-order chi connectivity index (χ1) is 13.3. The van der Waals surface area contributed by atoms with Gasteiger partial charge in [-0.3, -0.25) is 0 Å². The van der Waals surface area contributed by atoms with Gasteiger partial charge in [0.15, 0.2) is 0 Å². The van der Waals surface area contributed by atoms with Crippen molar-refractivity contribution in [2.75, 3.05) is 20.1 Å². The molecule has 2 aromatic carbocycles. The second-order valence-corrected chi connectivity index (χ2v) is 8.31. The van der Waals surface area contributed by atoms with E-state index in [2.05, 4.69) is 5.32 Å². The zero-order chi connectivity index (χ0) is 20.7. The Kier molecular flexibility index (Phi) is 7.53. The van der Waals surface area contributed by atoms with Gasteiger partial charge in [-0.2, -0.15) is 4.31 Å². The largest absolute Gasteiger partial charge is 0.334 e. The van der Waals surface area contributed by atoms with E-state index in [1.165, 1.54) is 21.3 Å². The Labute approximate surface area is 166 Å². The zero-order valence-electron chi connectivity index (χ0n) is 16.4. The maximum Gasteiger partial charge on any atom is 0.317 e. The first-order valence-electron chi connectivity index (χ1n) is 9.10. The third-order valence-electron chi connectivity index (χ3n) is 4.39. The summed E-state index contributed by atoms with van der Waals surface area (Å²) in [5.74, 6) is -0.317. The molecule has 2 rings (SSSR count). The molecule has 28 heavy (non-hydrogen) atoms. The number of benzene rings is 2. The summed E-state index contributed by atoms with van der Waals surface area (Å²) >= 11 is 0. The molecule has 0 aliphatic carbocycles. The molecule has 0 bridgehead atoms. The first-order valence-corrected chi connectivity index (χ1v) is 10.5. The second-order valence-electron chi connectivity index (χ2n) is 6.37. The average molecular weight is 408 g/mol. The summed E-state index contributed by atoms with van der Waals surface area (Å²) in [7, 11) is -1.84. The van der Waals surface area contributed by atoms with E-state index in [1.807, 2.05) is 0 Å². The Bertz CT molecular complexity index is 880. The number of hydrogen-bond acceptors (Lipinski definition) is 3. The quantitative estimate of drug-likeness (QED) is 0.731. The Morgan fingerprint density at radius 3 is 2.04 bits per heavy atom. The number of nitrogens with zero attached hydrogens (tertiary/aromatic N) is 2. The molecule has 2 amide bonds. The lowest BCUT2D eigenvalue weighted by Crippen LogP contribution is -2.36. The maximum absolute atomic E-state index is 12.9. The van der Waals surface area contributed by atoms with Crippen LogP contribution in [0.5, 0.6) is 0 Å². The Balaban J connectivity index is 1.93. The number of rotatable bonds is 8. The third kappa shape index (κ3) is 5.53. The summed E-state index contributed by atoms with van der Waals surface area (Å²) in [5, 5.41) is 2.79. The van der Waals surface area contributed by atoms with Crippen molar-refractivity contribution in [1.29, 1.82) is 0 Å². The van der Waals surface area contributed by atoms with Crippen molar-refractivity contribution in [1.82, 2.24) is 14.5 Å².